The highest BCUT2D eigenvalue weighted by Crippen LogP contribution is 2.61. The molecule has 0 aliphatic rings. The summed E-state index contributed by atoms with van der Waals surface area (Å²) in [6.07, 6.45) is -9.06. The molecule has 1 N–H and O–H groups in total. The molecule has 0 aliphatic carbocycles. The number of aryl methyl sites for hydroxylation is 1. The molecular formula is C18H17F13O. The quantitative estimate of drug-likeness (QED) is 0.366. The van der Waals surface area contributed by atoms with E-state index in [-0.39, 0.29) is 0 Å². The van der Waals surface area contributed by atoms with Gasteiger partial charge in [-0.05, 0) is 24.5 Å². The van der Waals surface area contributed by atoms with Crippen LogP contribution in [-0.2, 0) is 12.0 Å². The summed E-state index contributed by atoms with van der Waals surface area (Å²) in [5, 5.41) is 10.1. The van der Waals surface area contributed by atoms with Crippen molar-refractivity contribution >= 4 is 0 Å². The van der Waals surface area contributed by atoms with Crippen LogP contribution in [0.15, 0.2) is 24.3 Å². The highest BCUT2D eigenvalue weighted by atomic mass is 19.4. The summed E-state index contributed by atoms with van der Waals surface area (Å²) in [4.78, 5) is 0. The van der Waals surface area contributed by atoms with Crippen molar-refractivity contribution in [3.63, 3.8) is 0 Å². The fraction of sp³-hybridized carbons (Fsp3) is 0.667. The molecule has 0 aliphatic heterocycles. The van der Waals surface area contributed by atoms with Crippen molar-refractivity contribution in [3.8, 4) is 0 Å². The maximum Gasteiger partial charge on any atom is 0.460 e. The van der Waals surface area contributed by atoms with Gasteiger partial charge in [-0.3, -0.25) is 0 Å². The zero-order valence-electron chi connectivity index (χ0n) is 16.3. The van der Waals surface area contributed by atoms with Crippen molar-refractivity contribution in [1.29, 1.82) is 0 Å². The monoisotopic (exact) mass is 496 g/mol. The van der Waals surface area contributed by atoms with E-state index in [0.29, 0.717) is 25.3 Å². The second kappa shape index (κ2) is 8.24. The predicted octanol–water partition coefficient (Wildman–Crippen LogP) is 6.98. The van der Waals surface area contributed by atoms with Gasteiger partial charge in [-0.25, -0.2) is 0 Å². The largest absolute Gasteiger partial charge is 0.460 e. The molecule has 1 aromatic carbocycles. The average molecular weight is 496 g/mol. The van der Waals surface area contributed by atoms with Crippen molar-refractivity contribution in [2.75, 3.05) is 0 Å². The SMILES string of the molecule is CCCc1ccc(C(C)(O)CC(F)(F)C(F)(F)C(F)(F)C(F)(F)C(F)(F)C(F)(F)F)cc1. The molecule has 0 saturated heterocycles. The number of hydrogen-bond donors (Lipinski definition) is 1. The van der Waals surface area contributed by atoms with Gasteiger partial charge in [0.2, 0.25) is 0 Å². The lowest BCUT2D eigenvalue weighted by Crippen LogP contribution is -2.70. The molecular weight excluding hydrogens is 479 g/mol. The Labute approximate surface area is 173 Å². The molecule has 0 radical (unpaired) electrons. The fourth-order valence-corrected chi connectivity index (χ4v) is 2.77. The molecule has 1 atom stereocenters. The van der Waals surface area contributed by atoms with Crippen LogP contribution in [0.5, 0.6) is 0 Å². The molecule has 186 valence electrons. The van der Waals surface area contributed by atoms with E-state index in [4.69, 9.17) is 0 Å². The number of alkyl halides is 13. The van der Waals surface area contributed by atoms with Crippen molar-refractivity contribution in [2.45, 2.75) is 74.5 Å². The van der Waals surface area contributed by atoms with Gasteiger partial charge in [0, 0.05) is 0 Å². The summed E-state index contributed by atoms with van der Waals surface area (Å²) in [6.45, 7) is 2.19. The molecule has 0 bridgehead atoms. The van der Waals surface area contributed by atoms with Gasteiger partial charge >= 0.3 is 35.8 Å². The van der Waals surface area contributed by atoms with Crippen LogP contribution in [0.4, 0.5) is 57.1 Å². The fourth-order valence-electron chi connectivity index (χ4n) is 2.77. The Balaban J connectivity index is 3.38. The van der Waals surface area contributed by atoms with Gasteiger partial charge in [-0.1, -0.05) is 37.6 Å². The Bertz CT molecular complexity index is 779. The van der Waals surface area contributed by atoms with Crippen LogP contribution in [0, 0.1) is 0 Å². The van der Waals surface area contributed by atoms with E-state index in [0.717, 1.165) is 12.1 Å². The van der Waals surface area contributed by atoms with Crippen LogP contribution in [0.25, 0.3) is 0 Å². The number of benzene rings is 1. The molecule has 0 saturated carbocycles. The molecule has 0 aromatic heterocycles. The van der Waals surface area contributed by atoms with Gasteiger partial charge in [0.25, 0.3) is 0 Å². The smallest absolute Gasteiger partial charge is 0.385 e. The minimum absolute atomic E-state index is 0.423. The van der Waals surface area contributed by atoms with Gasteiger partial charge in [0.05, 0.1) is 12.0 Å². The first-order valence-corrected chi connectivity index (χ1v) is 8.77. The lowest BCUT2D eigenvalue weighted by Gasteiger charge is -2.41. The Morgan fingerprint density at radius 3 is 1.44 bits per heavy atom. The molecule has 1 rings (SSSR count). The maximum absolute atomic E-state index is 14.0. The van der Waals surface area contributed by atoms with Crippen LogP contribution in [0.2, 0.25) is 0 Å². The molecule has 0 amide bonds. The number of rotatable bonds is 9. The first kappa shape index (κ1) is 28.3. The summed E-state index contributed by atoms with van der Waals surface area (Å²) in [7, 11) is 0. The Morgan fingerprint density at radius 2 is 1.06 bits per heavy atom. The highest BCUT2D eigenvalue weighted by Gasteiger charge is 2.90. The van der Waals surface area contributed by atoms with Gasteiger partial charge in [0.1, 0.15) is 0 Å². The van der Waals surface area contributed by atoms with Crippen LogP contribution in [0.3, 0.4) is 0 Å². The molecule has 14 heteroatoms. The third kappa shape index (κ3) is 4.51. The molecule has 0 spiro atoms. The normalized spacial score (nSPS) is 16.8. The lowest BCUT2D eigenvalue weighted by atomic mass is 9.84. The van der Waals surface area contributed by atoms with Crippen molar-refractivity contribution < 1.29 is 62.2 Å². The topological polar surface area (TPSA) is 20.2 Å². The zero-order chi connectivity index (χ0) is 25.6. The standard InChI is InChI=1S/C18H17F13O/c1-3-4-10-5-7-11(8-6-10)12(2,32)9-13(19,20)14(21,22)15(23,24)16(25,26)17(27,28)18(29,30)31/h5-8,32H,3-4,9H2,1-2H3. The van der Waals surface area contributed by atoms with Crippen molar-refractivity contribution in [1.82, 2.24) is 0 Å². The van der Waals surface area contributed by atoms with E-state index in [1.165, 1.54) is 12.1 Å². The maximum atomic E-state index is 14.0. The minimum Gasteiger partial charge on any atom is -0.385 e. The van der Waals surface area contributed by atoms with Crippen LogP contribution in [0.1, 0.15) is 37.8 Å². The predicted molar refractivity (Wildman–Crippen MR) is 85.4 cm³/mol. The van der Waals surface area contributed by atoms with Gasteiger partial charge < -0.3 is 5.11 Å². The third-order valence-corrected chi connectivity index (χ3v) is 4.68. The van der Waals surface area contributed by atoms with Crippen LogP contribution < -0.4 is 0 Å². The van der Waals surface area contributed by atoms with Crippen molar-refractivity contribution in [3.05, 3.63) is 35.4 Å². The van der Waals surface area contributed by atoms with Crippen molar-refractivity contribution in [2.24, 2.45) is 0 Å². The van der Waals surface area contributed by atoms with Gasteiger partial charge in [-0.15, -0.1) is 0 Å². The Kier molecular flexibility index (Phi) is 7.29. The minimum atomic E-state index is -7.96. The summed E-state index contributed by atoms with van der Waals surface area (Å²) in [5.41, 5.74) is -3.04. The lowest BCUT2D eigenvalue weighted by molar-refractivity contribution is -0.441. The van der Waals surface area contributed by atoms with Crippen LogP contribution >= 0.6 is 0 Å². The summed E-state index contributed by atoms with van der Waals surface area (Å²) < 4.78 is 171. The second-order valence-corrected chi connectivity index (χ2v) is 7.40. The summed E-state index contributed by atoms with van der Waals surface area (Å²) >= 11 is 0. The van der Waals surface area contributed by atoms with Gasteiger partial charge in [-0.2, -0.15) is 57.1 Å². The molecule has 1 unspecified atom stereocenters. The molecule has 1 nitrogen and oxygen atoms in total. The van der Waals surface area contributed by atoms with E-state index in [9.17, 15) is 62.2 Å². The average Bonchev–Trinajstić information content (AvgIpc) is 2.60. The van der Waals surface area contributed by atoms with E-state index in [2.05, 4.69) is 0 Å². The second-order valence-electron chi connectivity index (χ2n) is 7.40. The number of halogens is 13. The number of hydrogen-bond acceptors (Lipinski definition) is 1. The van der Waals surface area contributed by atoms with E-state index >= 15 is 0 Å². The molecule has 32 heavy (non-hydrogen) atoms. The van der Waals surface area contributed by atoms with Crippen LogP contribution in [-0.4, -0.2) is 40.9 Å². The van der Waals surface area contributed by atoms with Gasteiger partial charge in [0.15, 0.2) is 0 Å². The number of aliphatic hydroxyl groups is 1. The summed E-state index contributed by atoms with van der Waals surface area (Å²) in [6, 6.07) is 4.42. The highest BCUT2D eigenvalue weighted by molar-refractivity contribution is 5.27. The zero-order valence-corrected chi connectivity index (χ0v) is 16.3. The first-order valence-electron chi connectivity index (χ1n) is 8.77. The Hall–Kier alpha value is -1.73. The van der Waals surface area contributed by atoms with E-state index < -0.39 is 53.4 Å². The summed E-state index contributed by atoms with van der Waals surface area (Å²) in [5.74, 6) is -37.4. The molecule has 0 heterocycles. The first-order chi connectivity index (χ1) is 14.0. The third-order valence-electron chi connectivity index (χ3n) is 4.68. The Morgan fingerprint density at radius 1 is 0.656 bits per heavy atom. The molecule has 1 aromatic rings. The molecule has 0 fully saturated rings. The van der Waals surface area contributed by atoms with E-state index in [1.54, 1.807) is 6.92 Å². The van der Waals surface area contributed by atoms with E-state index in [1.807, 2.05) is 0 Å².